The summed E-state index contributed by atoms with van der Waals surface area (Å²) in [5.74, 6) is 0.782. The molecular formula is C8H18N2. The first kappa shape index (κ1) is 8.02. The number of hydrogen-bond acceptors (Lipinski definition) is 2. The van der Waals surface area contributed by atoms with Gasteiger partial charge in [-0.2, -0.15) is 0 Å². The van der Waals surface area contributed by atoms with Gasteiger partial charge in [0.1, 0.15) is 0 Å². The summed E-state index contributed by atoms with van der Waals surface area (Å²) in [6.45, 7) is 5.51. The zero-order chi connectivity index (χ0) is 7.61. The molecule has 60 valence electrons. The fourth-order valence-corrected chi connectivity index (χ4v) is 1.47. The van der Waals surface area contributed by atoms with Crippen molar-refractivity contribution in [3.05, 3.63) is 0 Å². The Morgan fingerprint density at radius 1 is 1.70 bits per heavy atom. The lowest BCUT2D eigenvalue weighted by Crippen LogP contribution is -2.29. The van der Waals surface area contributed by atoms with Crippen LogP contribution < -0.4 is 11.1 Å². The fraction of sp³-hybridized carbons (Fsp3) is 1.00. The van der Waals surface area contributed by atoms with Crippen LogP contribution in [0.2, 0.25) is 0 Å². The van der Waals surface area contributed by atoms with Crippen LogP contribution in [-0.2, 0) is 0 Å². The second-order valence-corrected chi connectivity index (χ2v) is 3.61. The van der Waals surface area contributed by atoms with Crippen LogP contribution in [0.1, 0.15) is 33.1 Å². The second-order valence-electron chi connectivity index (χ2n) is 3.61. The summed E-state index contributed by atoms with van der Waals surface area (Å²) in [6.07, 6.45) is 3.72. The molecule has 1 aliphatic rings. The molecule has 2 nitrogen and oxygen atoms in total. The van der Waals surface area contributed by atoms with E-state index in [9.17, 15) is 0 Å². The summed E-state index contributed by atoms with van der Waals surface area (Å²) >= 11 is 0. The number of nitrogens with two attached hydrogens (primary N) is 1. The largest absolute Gasteiger partial charge is 0.312 e. The van der Waals surface area contributed by atoms with Crippen molar-refractivity contribution in [2.24, 2.45) is 11.7 Å². The van der Waals surface area contributed by atoms with E-state index in [1.807, 2.05) is 0 Å². The zero-order valence-electron chi connectivity index (χ0n) is 6.98. The van der Waals surface area contributed by atoms with Crippen molar-refractivity contribution in [1.82, 2.24) is 5.32 Å². The summed E-state index contributed by atoms with van der Waals surface area (Å²) < 4.78 is 0. The van der Waals surface area contributed by atoms with Gasteiger partial charge in [0, 0.05) is 6.54 Å². The molecule has 1 aliphatic heterocycles. The molecule has 0 aromatic heterocycles. The van der Waals surface area contributed by atoms with E-state index < -0.39 is 0 Å². The van der Waals surface area contributed by atoms with Crippen LogP contribution in [-0.4, -0.2) is 12.2 Å². The summed E-state index contributed by atoms with van der Waals surface area (Å²) in [7, 11) is 0. The standard InChI is InChI=1S/C8H18N2/c1-3-4-7(2)5-8(9)6-10-8/h7,10H,3-6,9H2,1-2H3. The first-order valence-corrected chi connectivity index (χ1v) is 4.20. The van der Waals surface area contributed by atoms with Crippen molar-refractivity contribution in [1.29, 1.82) is 0 Å². The Morgan fingerprint density at radius 3 is 2.70 bits per heavy atom. The Hall–Kier alpha value is -0.0800. The third kappa shape index (κ3) is 2.27. The van der Waals surface area contributed by atoms with E-state index in [1.165, 1.54) is 12.8 Å². The maximum absolute atomic E-state index is 5.87. The predicted octanol–water partition coefficient (Wildman–Crippen LogP) is 1.07. The Kier molecular flexibility index (Phi) is 2.32. The van der Waals surface area contributed by atoms with E-state index in [0.29, 0.717) is 0 Å². The lowest BCUT2D eigenvalue weighted by molar-refractivity contribution is 0.419. The minimum absolute atomic E-state index is 0.0224. The van der Waals surface area contributed by atoms with Gasteiger partial charge in [0.05, 0.1) is 5.66 Å². The average molecular weight is 142 g/mol. The Balaban J connectivity index is 2.11. The van der Waals surface area contributed by atoms with E-state index in [4.69, 9.17) is 5.73 Å². The van der Waals surface area contributed by atoms with Gasteiger partial charge in [-0.25, -0.2) is 0 Å². The maximum atomic E-state index is 5.87. The van der Waals surface area contributed by atoms with Crippen LogP contribution in [0.25, 0.3) is 0 Å². The SMILES string of the molecule is CCCC(C)CC1(N)CN1. The number of rotatable bonds is 4. The van der Waals surface area contributed by atoms with Gasteiger partial charge in [0.15, 0.2) is 0 Å². The van der Waals surface area contributed by atoms with Gasteiger partial charge < -0.3 is 5.73 Å². The van der Waals surface area contributed by atoms with Gasteiger partial charge in [-0.1, -0.05) is 26.7 Å². The van der Waals surface area contributed by atoms with Gasteiger partial charge in [-0.3, -0.25) is 5.32 Å². The topological polar surface area (TPSA) is 48.0 Å². The number of hydrogen-bond donors (Lipinski definition) is 2. The average Bonchev–Trinajstić information content (AvgIpc) is 2.48. The van der Waals surface area contributed by atoms with E-state index in [1.54, 1.807) is 0 Å². The van der Waals surface area contributed by atoms with Crippen LogP contribution >= 0.6 is 0 Å². The van der Waals surface area contributed by atoms with Crippen molar-refractivity contribution >= 4 is 0 Å². The van der Waals surface area contributed by atoms with Gasteiger partial charge in [0.2, 0.25) is 0 Å². The molecule has 0 aliphatic carbocycles. The lowest BCUT2D eigenvalue weighted by atomic mass is 9.98. The quantitative estimate of drug-likeness (QED) is 0.577. The molecule has 0 radical (unpaired) electrons. The van der Waals surface area contributed by atoms with E-state index in [0.717, 1.165) is 18.9 Å². The van der Waals surface area contributed by atoms with Crippen molar-refractivity contribution in [3.63, 3.8) is 0 Å². The molecule has 1 heterocycles. The monoisotopic (exact) mass is 142 g/mol. The molecule has 0 aromatic carbocycles. The van der Waals surface area contributed by atoms with Crippen molar-refractivity contribution < 1.29 is 0 Å². The van der Waals surface area contributed by atoms with Crippen molar-refractivity contribution in [2.75, 3.05) is 6.54 Å². The molecule has 1 saturated heterocycles. The molecule has 0 bridgehead atoms. The summed E-state index contributed by atoms with van der Waals surface area (Å²) in [4.78, 5) is 0. The molecule has 3 N–H and O–H groups in total. The zero-order valence-corrected chi connectivity index (χ0v) is 6.98. The molecule has 2 atom stereocenters. The van der Waals surface area contributed by atoms with Crippen LogP contribution in [0.4, 0.5) is 0 Å². The van der Waals surface area contributed by atoms with Crippen LogP contribution in [0, 0.1) is 5.92 Å². The highest BCUT2D eigenvalue weighted by molar-refractivity contribution is 4.98. The van der Waals surface area contributed by atoms with Gasteiger partial charge >= 0.3 is 0 Å². The van der Waals surface area contributed by atoms with E-state index >= 15 is 0 Å². The Labute approximate surface area is 63.2 Å². The molecule has 0 amide bonds. The highest BCUT2D eigenvalue weighted by atomic mass is 15.3. The molecule has 2 unspecified atom stereocenters. The summed E-state index contributed by atoms with van der Waals surface area (Å²) in [5.41, 5.74) is 5.89. The first-order chi connectivity index (χ1) is 4.66. The normalized spacial score (nSPS) is 33.9. The molecule has 0 saturated carbocycles. The van der Waals surface area contributed by atoms with Gasteiger partial charge in [-0.05, 0) is 12.3 Å². The molecule has 10 heavy (non-hydrogen) atoms. The summed E-state index contributed by atoms with van der Waals surface area (Å²) in [6, 6.07) is 0. The molecular weight excluding hydrogens is 124 g/mol. The molecule has 0 spiro atoms. The van der Waals surface area contributed by atoms with Gasteiger partial charge in [0.25, 0.3) is 0 Å². The van der Waals surface area contributed by atoms with Crippen LogP contribution in [0.15, 0.2) is 0 Å². The molecule has 2 heteroatoms. The molecule has 1 fully saturated rings. The van der Waals surface area contributed by atoms with Crippen LogP contribution in [0.5, 0.6) is 0 Å². The fourth-order valence-electron chi connectivity index (χ4n) is 1.47. The first-order valence-electron chi connectivity index (χ1n) is 4.20. The summed E-state index contributed by atoms with van der Waals surface area (Å²) in [5, 5.41) is 3.18. The van der Waals surface area contributed by atoms with Gasteiger partial charge in [-0.15, -0.1) is 0 Å². The van der Waals surface area contributed by atoms with E-state index in [2.05, 4.69) is 19.2 Å². The highest BCUT2D eigenvalue weighted by Crippen LogP contribution is 2.22. The van der Waals surface area contributed by atoms with Crippen molar-refractivity contribution in [2.45, 2.75) is 38.8 Å². The van der Waals surface area contributed by atoms with E-state index in [-0.39, 0.29) is 5.66 Å². The third-order valence-corrected chi connectivity index (χ3v) is 2.13. The minimum Gasteiger partial charge on any atom is -0.312 e. The molecule has 1 rings (SSSR count). The maximum Gasteiger partial charge on any atom is 0.0794 e. The Bertz CT molecular complexity index is 108. The Morgan fingerprint density at radius 2 is 2.30 bits per heavy atom. The highest BCUT2D eigenvalue weighted by Gasteiger charge is 2.37. The molecule has 0 aromatic rings. The minimum atomic E-state index is 0.0224. The predicted molar refractivity (Wildman–Crippen MR) is 43.6 cm³/mol. The third-order valence-electron chi connectivity index (χ3n) is 2.13. The van der Waals surface area contributed by atoms with Crippen LogP contribution in [0.3, 0.4) is 0 Å². The second kappa shape index (κ2) is 2.89. The lowest BCUT2D eigenvalue weighted by Gasteiger charge is -2.13. The smallest absolute Gasteiger partial charge is 0.0794 e. The number of nitrogens with one attached hydrogen (secondary N) is 1. The van der Waals surface area contributed by atoms with Crippen molar-refractivity contribution in [3.8, 4) is 0 Å².